The number of benzene rings is 1. The summed E-state index contributed by atoms with van der Waals surface area (Å²) in [5.41, 5.74) is 0. The Bertz CT molecular complexity index is 537. The van der Waals surface area contributed by atoms with Gasteiger partial charge in [0, 0.05) is 12.6 Å². The van der Waals surface area contributed by atoms with Gasteiger partial charge in [0.2, 0.25) is 10.0 Å². The predicted molar refractivity (Wildman–Crippen MR) is 66.0 cm³/mol. The molecule has 1 aliphatic heterocycles. The van der Waals surface area contributed by atoms with Crippen LogP contribution in [-0.4, -0.2) is 25.3 Å². The highest BCUT2D eigenvalue weighted by Crippen LogP contribution is 2.42. The Balaban J connectivity index is 1.91. The van der Waals surface area contributed by atoms with Crippen molar-refractivity contribution in [3.8, 4) is 0 Å². The van der Waals surface area contributed by atoms with Gasteiger partial charge in [-0.05, 0) is 55.9 Å². The van der Waals surface area contributed by atoms with Gasteiger partial charge in [-0.15, -0.1) is 0 Å². The van der Waals surface area contributed by atoms with Gasteiger partial charge in [-0.25, -0.2) is 12.8 Å². The molecule has 0 radical (unpaired) electrons. The van der Waals surface area contributed by atoms with E-state index in [9.17, 15) is 12.8 Å². The van der Waals surface area contributed by atoms with E-state index >= 15 is 0 Å². The Kier molecular flexibility index (Phi) is 2.90. The minimum Gasteiger partial charge on any atom is -0.207 e. The van der Waals surface area contributed by atoms with E-state index in [1.807, 2.05) is 0 Å². The fourth-order valence-electron chi connectivity index (χ4n) is 2.76. The number of hydrogen-bond donors (Lipinski definition) is 0. The minimum absolute atomic E-state index is 0.167. The van der Waals surface area contributed by atoms with Gasteiger partial charge in [0.15, 0.2) is 0 Å². The summed E-state index contributed by atoms with van der Waals surface area (Å²) in [7, 11) is -3.44. The molecule has 1 aliphatic carbocycles. The molecule has 0 N–H and O–H groups in total. The van der Waals surface area contributed by atoms with Crippen molar-refractivity contribution < 1.29 is 12.8 Å². The Morgan fingerprint density at radius 2 is 1.78 bits per heavy atom. The smallest absolute Gasteiger partial charge is 0.207 e. The lowest BCUT2D eigenvalue weighted by molar-refractivity contribution is 0.356. The Morgan fingerprint density at radius 1 is 1.11 bits per heavy atom. The lowest BCUT2D eigenvalue weighted by Gasteiger charge is -2.23. The molecule has 98 valence electrons. The van der Waals surface area contributed by atoms with Crippen LogP contribution >= 0.6 is 0 Å². The van der Waals surface area contributed by atoms with Crippen molar-refractivity contribution in [2.45, 2.75) is 36.6 Å². The summed E-state index contributed by atoms with van der Waals surface area (Å²) in [6.07, 6.45) is 4.17. The molecule has 1 saturated carbocycles. The zero-order valence-electron chi connectivity index (χ0n) is 10.0. The van der Waals surface area contributed by atoms with E-state index in [-0.39, 0.29) is 10.9 Å². The molecule has 0 aromatic heterocycles. The zero-order chi connectivity index (χ0) is 12.8. The zero-order valence-corrected chi connectivity index (χ0v) is 10.9. The fourth-order valence-corrected chi connectivity index (χ4v) is 4.51. The third kappa shape index (κ3) is 2.06. The first-order valence-corrected chi connectivity index (χ1v) is 7.80. The van der Waals surface area contributed by atoms with Crippen LogP contribution in [0.15, 0.2) is 29.2 Å². The molecule has 0 bridgehead atoms. The van der Waals surface area contributed by atoms with Crippen LogP contribution in [0, 0.1) is 11.7 Å². The molecule has 1 aromatic rings. The van der Waals surface area contributed by atoms with Crippen LogP contribution < -0.4 is 0 Å². The highest BCUT2D eigenvalue weighted by atomic mass is 32.2. The summed E-state index contributed by atoms with van der Waals surface area (Å²) in [6, 6.07) is 5.28. The molecule has 1 unspecified atom stereocenters. The van der Waals surface area contributed by atoms with E-state index in [2.05, 4.69) is 0 Å². The second-order valence-electron chi connectivity index (χ2n) is 5.12. The van der Waals surface area contributed by atoms with Gasteiger partial charge in [-0.3, -0.25) is 0 Å². The third-order valence-corrected chi connectivity index (χ3v) is 5.77. The number of halogens is 1. The van der Waals surface area contributed by atoms with Crippen LogP contribution in [0.3, 0.4) is 0 Å². The summed E-state index contributed by atoms with van der Waals surface area (Å²) in [6.45, 7) is 0.598. The van der Waals surface area contributed by atoms with Crippen molar-refractivity contribution in [2.24, 2.45) is 5.92 Å². The molecule has 5 heteroatoms. The van der Waals surface area contributed by atoms with Crippen LogP contribution in [0.5, 0.6) is 0 Å². The molecule has 2 aliphatic rings. The molecule has 18 heavy (non-hydrogen) atoms. The SMILES string of the molecule is O=S(=O)(c1ccc(F)cc1)N1CCCC1C1CC1. The molecular weight excluding hydrogens is 253 g/mol. The molecule has 0 spiro atoms. The first kappa shape index (κ1) is 12.1. The van der Waals surface area contributed by atoms with E-state index in [1.54, 1.807) is 4.31 Å². The molecule has 1 atom stereocenters. The van der Waals surface area contributed by atoms with Crippen molar-refractivity contribution in [3.63, 3.8) is 0 Å². The molecule has 0 amide bonds. The van der Waals surface area contributed by atoms with Crippen molar-refractivity contribution in [3.05, 3.63) is 30.1 Å². The summed E-state index contributed by atoms with van der Waals surface area (Å²) in [4.78, 5) is 0.205. The maximum atomic E-state index is 12.9. The molecular formula is C13H16FNO2S. The van der Waals surface area contributed by atoms with Crippen molar-refractivity contribution in [1.29, 1.82) is 0 Å². The number of sulfonamides is 1. The first-order valence-electron chi connectivity index (χ1n) is 6.36. The highest BCUT2D eigenvalue weighted by Gasteiger charge is 2.43. The maximum absolute atomic E-state index is 12.9. The summed E-state index contributed by atoms with van der Waals surface area (Å²) in [5, 5.41) is 0. The third-order valence-electron chi connectivity index (χ3n) is 3.83. The van der Waals surface area contributed by atoms with E-state index in [0.717, 1.165) is 25.7 Å². The highest BCUT2D eigenvalue weighted by molar-refractivity contribution is 7.89. The maximum Gasteiger partial charge on any atom is 0.243 e. The predicted octanol–water partition coefficient (Wildman–Crippen LogP) is 2.39. The average Bonchev–Trinajstić information content (AvgIpc) is 3.07. The lowest BCUT2D eigenvalue weighted by Crippen LogP contribution is -2.36. The molecule has 2 fully saturated rings. The Morgan fingerprint density at radius 3 is 2.39 bits per heavy atom. The van der Waals surface area contributed by atoms with Gasteiger partial charge < -0.3 is 0 Å². The molecule has 3 nitrogen and oxygen atoms in total. The van der Waals surface area contributed by atoms with Gasteiger partial charge in [0.1, 0.15) is 5.82 Å². The second-order valence-corrected chi connectivity index (χ2v) is 7.01. The number of rotatable bonds is 3. The van der Waals surface area contributed by atoms with Gasteiger partial charge in [0.25, 0.3) is 0 Å². The summed E-state index contributed by atoms with van der Waals surface area (Å²) < 4.78 is 39.5. The van der Waals surface area contributed by atoms with Crippen molar-refractivity contribution in [1.82, 2.24) is 4.31 Å². The lowest BCUT2D eigenvalue weighted by atomic mass is 10.1. The van der Waals surface area contributed by atoms with Crippen LogP contribution in [-0.2, 0) is 10.0 Å². The fraction of sp³-hybridized carbons (Fsp3) is 0.538. The topological polar surface area (TPSA) is 37.4 Å². The standard InChI is InChI=1S/C13H16FNO2S/c14-11-5-7-12(8-6-11)18(16,17)15-9-1-2-13(15)10-3-4-10/h5-8,10,13H,1-4,9H2. The van der Waals surface area contributed by atoms with Gasteiger partial charge in [0.05, 0.1) is 4.90 Å². The molecule has 1 heterocycles. The van der Waals surface area contributed by atoms with Crippen molar-refractivity contribution in [2.75, 3.05) is 6.54 Å². The monoisotopic (exact) mass is 269 g/mol. The second kappa shape index (κ2) is 4.31. The van der Waals surface area contributed by atoms with Crippen molar-refractivity contribution >= 4 is 10.0 Å². The molecule has 1 aromatic carbocycles. The number of hydrogen-bond acceptors (Lipinski definition) is 2. The summed E-state index contributed by atoms with van der Waals surface area (Å²) in [5.74, 6) is 0.136. The van der Waals surface area contributed by atoms with Crippen LogP contribution in [0.1, 0.15) is 25.7 Å². The van der Waals surface area contributed by atoms with E-state index < -0.39 is 15.8 Å². The van der Waals surface area contributed by atoms with E-state index in [4.69, 9.17) is 0 Å². The van der Waals surface area contributed by atoms with Crippen LogP contribution in [0.2, 0.25) is 0 Å². The molecule has 3 rings (SSSR count). The average molecular weight is 269 g/mol. The Labute approximate surface area is 107 Å². The largest absolute Gasteiger partial charge is 0.243 e. The first-order chi connectivity index (χ1) is 8.59. The quantitative estimate of drug-likeness (QED) is 0.845. The minimum atomic E-state index is -3.44. The van der Waals surface area contributed by atoms with Gasteiger partial charge >= 0.3 is 0 Å². The van der Waals surface area contributed by atoms with Gasteiger partial charge in [-0.2, -0.15) is 4.31 Å². The van der Waals surface area contributed by atoms with Crippen LogP contribution in [0.4, 0.5) is 4.39 Å². The normalized spacial score (nSPS) is 25.5. The van der Waals surface area contributed by atoms with Crippen LogP contribution in [0.25, 0.3) is 0 Å². The molecule has 1 saturated heterocycles. The van der Waals surface area contributed by atoms with E-state index in [1.165, 1.54) is 24.3 Å². The van der Waals surface area contributed by atoms with E-state index in [0.29, 0.717) is 12.5 Å². The summed E-state index contributed by atoms with van der Waals surface area (Å²) >= 11 is 0. The van der Waals surface area contributed by atoms with Gasteiger partial charge in [-0.1, -0.05) is 0 Å². The number of nitrogens with zero attached hydrogens (tertiary/aromatic N) is 1. The Hall–Kier alpha value is -0.940.